The number of carbonyl (C=O) groups excluding carboxylic acids is 1. The van der Waals surface area contributed by atoms with E-state index >= 15 is 0 Å². The number of carbonyl (C=O) groups is 1. The molecule has 0 radical (unpaired) electrons. The summed E-state index contributed by atoms with van der Waals surface area (Å²) < 4.78 is 4.92. The molecule has 1 aromatic carbocycles. The molecule has 1 aromatic rings. The van der Waals surface area contributed by atoms with Crippen LogP contribution in [0.2, 0.25) is 0 Å². The van der Waals surface area contributed by atoms with Crippen LogP contribution >= 0.6 is 0 Å². The molecule has 0 atom stereocenters. The van der Waals surface area contributed by atoms with Gasteiger partial charge in [0.2, 0.25) is 0 Å². The second kappa shape index (κ2) is 6.91. The van der Waals surface area contributed by atoms with Crippen LogP contribution < -0.4 is 5.32 Å². The maximum atomic E-state index is 11.8. The minimum atomic E-state index is -0.143. The van der Waals surface area contributed by atoms with Crippen molar-refractivity contribution in [2.75, 3.05) is 20.3 Å². The minimum absolute atomic E-state index is 0.143. The molecule has 0 bridgehead atoms. The van der Waals surface area contributed by atoms with Gasteiger partial charge in [-0.2, -0.15) is 0 Å². The number of ether oxygens (including phenoxy) is 1. The summed E-state index contributed by atoms with van der Waals surface area (Å²) in [5, 5.41) is 12.3. The summed E-state index contributed by atoms with van der Waals surface area (Å²) in [7, 11) is 1.66. The average molecular weight is 237 g/mol. The van der Waals surface area contributed by atoms with Crippen molar-refractivity contribution in [3.63, 3.8) is 0 Å². The van der Waals surface area contributed by atoms with Crippen LogP contribution in [0.1, 0.15) is 28.8 Å². The SMILES string of the molecule is COCCCCNC(=O)c1cccc(O)c1C. The fourth-order valence-corrected chi connectivity index (χ4v) is 1.54. The normalized spacial score (nSPS) is 10.2. The largest absolute Gasteiger partial charge is 0.508 e. The van der Waals surface area contributed by atoms with E-state index in [-0.39, 0.29) is 11.7 Å². The Morgan fingerprint density at radius 1 is 1.41 bits per heavy atom. The molecule has 94 valence electrons. The van der Waals surface area contributed by atoms with E-state index in [4.69, 9.17) is 4.74 Å². The highest BCUT2D eigenvalue weighted by molar-refractivity contribution is 5.96. The smallest absolute Gasteiger partial charge is 0.251 e. The van der Waals surface area contributed by atoms with E-state index in [1.165, 1.54) is 0 Å². The number of methoxy groups -OCH3 is 1. The van der Waals surface area contributed by atoms with Crippen molar-refractivity contribution in [3.8, 4) is 5.75 Å². The molecule has 2 N–H and O–H groups in total. The van der Waals surface area contributed by atoms with E-state index in [0.29, 0.717) is 24.3 Å². The molecular formula is C13H19NO3. The number of benzene rings is 1. The molecule has 0 fully saturated rings. The Morgan fingerprint density at radius 3 is 2.88 bits per heavy atom. The average Bonchev–Trinajstić information content (AvgIpc) is 2.32. The molecular weight excluding hydrogens is 218 g/mol. The van der Waals surface area contributed by atoms with Crippen molar-refractivity contribution in [1.82, 2.24) is 5.32 Å². The van der Waals surface area contributed by atoms with E-state index in [2.05, 4.69) is 5.32 Å². The zero-order valence-corrected chi connectivity index (χ0v) is 10.3. The minimum Gasteiger partial charge on any atom is -0.508 e. The lowest BCUT2D eigenvalue weighted by Gasteiger charge is -2.08. The van der Waals surface area contributed by atoms with Gasteiger partial charge < -0.3 is 15.2 Å². The van der Waals surface area contributed by atoms with Crippen LogP contribution in [0.3, 0.4) is 0 Å². The zero-order valence-electron chi connectivity index (χ0n) is 10.3. The van der Waals surface area contributed by atoms with Gasteiger partial charge in [0.15, 0.2) is 0 Å². The van der Waals surface area contributed by atoms with Gasteiger partial charge in [-0.25, -0.2) is 0 Å². The Balaban J connectivity index is 2.44. The maximum absolute atomic E-state index is 11.8. The van der Waals surface area contributed by atoms with Gasteiger partial charge in [0, 0.05) is 31.4 Å². The van der Waals surface area contributed by atoms with E-state index in [9.17, 15) is 9.90 Å². The van der Waals surface area contributed by atoms with Gasteiger partial charge in [0.25, 0.3) is 5.91 Å². The third-order valence-electron chi connectivity index (χ3n) is 2.61. The standard InChI is InChI=1S/C13H19NO3/c1-10-11(6-5-7-12(10)15)13(16)14-8-3-4-9-17-2/h5-7,15H,3-4,8-9H2,1-2H3,(H,14,16). The van der Waals surface area contributed by atoms with Crippen LogP contribution in [-0.4, -0.2) is 31.3 Å². The lowest BCUT2D eigenvalue weighted by atomic mass is 10.1. The molecule has 0 saturated carbocycles. The monoisotopic (exact) mass is 237 g/mol. The molecule has 0 unspecified atom stereocenters. The molecule has 1 amide bonds. The highest BCUT2D eigenvalue weighted by Gasteiger charge is 2.10. The van der Waals surface area contributed by atoms with Gasteiger partial charge in [-0.05, 0) is 31.9 Å². The number of unbranched alkanes of at least 4 members (excludes halogenated alkanes) is 1. The zero-order chi connectivity index (χ0) is 12.7. The van der Waals surface area contributed by atoms with Gasteiger partial charge in [-0.15, -0.1) is 0 Å². The summed E-state index contributed by atoms with van der Waals surface area (Å²) in [5.41, 5.74) is 1.14. The number of hydrogen-bond acceptors (Lipinski definition) is 3. The molecule has 4 heteroatoms. The Hall–Kier alpha value is -1.55. The van der Waals surface area contributed by atoms with Gasteiger partial charge in [0.05, 0.1) is 0 Å². The highest BCUT2D eigenvalue weighted by atomic mass is 16.5. The van der Waals surface area contributed by atoms with Crippen molar-refractivity contribution in [3.05, 3.63) is 29.3 Å². The lowest BCUT2D eigenvalue weighted by Crippen LogP contribution is -2.25. The number of phenols is 1. The first-order valence-electron chi connectivity index (χ1n) is 5.72. The van der Waals surface area contributed by atoms with Crippen molar-refractivity contribution < 1.29 is 14.6 Å². The summed E-state index contributed by atoms with van der Waals surface area (Å²) in [5.74, 6) is 0.00727. The van der Waals surface area contributed by atoms with Crippen molar-refractivity contribution in [1.29, 1.82) is 0 Å². The van der Waals surface area contributed by atoms with Crippen LogP contribution in [0, 0.1) is 6.92 Å². The van der Waals surface area contributed by atoms with E-state index < -0.39 is 0 Å². The molecule has 0 saturated heterocycles. The van der Waals surface area contributed by atoms with Crippen LogP contribution in [0.25, 0.3) is 0 Å². The molecule has 17 heavy (non-hydrogen) atoms. The van der Waals surface area contributed by atoms with Gasteiger partial charge in [-0.3, -0.25) is 4.79 Å². The second-order valence-corrected chi connectivity index (χ2v) is 3.91. The quantitative estimate of drug-likeness (QED) is 0.742. The first kappa shape index (κ1) is 13.5. The number of hydrogen-bond donors (Lipinski definition) is 2. The summed E-state index contributed by atoms with van der Waals surface area (Å²) in [4.78, 5) is 11.8. The summed E-state index contributed by atoms with van der Waals surface area (Å²) in [6.45, 7) is 3.06. The maximum Gasteiger partial charge on any atom is 0.251 e. The van der Waals surface area contributed by atoms with Crippen molar-refractivity contribution in [2.45, 2.75) is 19.8 Å². The number of aromatic hydroxyl groups is 1. The van der Waals surface area contributed by atoms with Crippen LogP contribution in [0.5, 0.6) is 5.75 Å². The van der Waals surface area contributed by atoms with Crippen LogP contribution in [0.15, 0.2) is 18.2 Å². The molecule has 0 aliphatic heterocycles. The molecule has 0 heterocycles. The van der Waals surface area contributed by atoms with Gasteiger partial charge in [0.1, 0.15) is 5.75 Å². The summed E-state index contributed by atoms with van der Waals surface area (Å²) >= 11 is 0. The molecule has 4 nitrogen and oxygen atoms in total. The third-order valence-corrected chi connectivity index (χ3v) is 2.61. The topological polar surface area (TPSA) is 58.6 Å². The molecule has 0 aliphatic rings. The Labute approximate surface area is 102 Å². The number of amides is 1. The fraction of sp³-hybridized carbons (Fsp3) is 0.462. The number of nitrogens with one attached hydrogen (secondary N) is 1. The lowest BCUT2D eigenvalue weighted by molar-refractivity contribution is 0.0950. The highest BCUT2D eigenvalue weighted by Crippen LogP contribution is 2.19. The summed E-state index contributed by atoms with van der Waals surface area (Å²) in [6.07, 6.45) is 1.81. The predicted molar refractivity (Wildman–Crippen MR) is 66.3 cm³/mol. The van der Waals surface area contributed by atoms with Crippen LogP contribution in [0.4, 0.5) is 0 Å². The van der Waals surface area contributed by atoms with Crippen LogP contribution in [-0.2, 0) is 4.74 Å². The molecule has 0 aromatic heterocycles. The second-order valence-electron chi connectivity index (χ2n) is 3.91. The first-order chi connectivity index (χ1) is 8.16. The predicted octanol–water partition coefficient (Wildman–Crippen LogP) is 1.86. The summed E-state index contributed by atoms with van der Waals surface area (Å²) in [6, 6.07) is 4.95. The van der Waals surface area contributed by atoms with Crippen molar-refractivity contribution in [2.24, 2.45) is 0 Å². The Kier molecular flexibility index (Phi) is 5.49. The van der Waals surface area contributed by atoms with Crippen molar-refractivity contribution >= 4 is 5.91 Å². The van der Waals surface area contributed by atoms with E-state index in [0.717, 1.165) is 12.8 Å². The number of phenolic OH excluding ortho intramolecular Hbond substituents is 1. The molecule has 0 aliphatic carbocycles. The van der Waals surface area contributed by atoms with Gasteiger partial charge >= 0.3 is 0 Å². The molecule has 1 rings (SSSR count). The van der Waals surface area contributed by atoms with Gasteiger partial charge in [-0.1, -0.05) is 6.07 Å². The first-order valence-corrected chi connectivity index (χ1v) is 5.72. The molecule has 0 spiro atoms. The van der Waals surface area contributed by atoms with E-state index in [1.807, 2.05) is 0 Å². The number of rotatable bonds is 6. The van der Waals surface area contributed by atoms with E-state index in [1.54, 1.807) is 32.2 Å². The Bertz CT molecular complexity index is 377. The fourth-order valence-electron chi connectivity index (χ4n) is 1.54. The Morgan fingerprint density at radius 2 is 2.18 bits per heavy atom. The third kappa shape index (κ3) is 4.07.